The monoisotopic (exact) mass is 789 g/mol. The van der Waals surface area contributed by atoms with Crippen LogP contribution in [0.4, 0.5) is 17.1 Å². The lowest BCUT2D eigenvalue weighted by Crippen LogP contribution is -2.73. The summed E-state index contributed by atoms with van der Waals surface area (Å²) in [5.74, 6) is 3.60. The predicted octanol–water partition coefficient (Wildman–Crippen LogP) is 15.8. The second kappa shape index (κ2) is 12.5. The van der Waals surface area contributed by atoms with Crippen molar-refractivity contribution in [1.82, 2.24) is 0 Å². The number of nitrogens with zero attached hydrogens (tertiary/aromatic N) is 1. The molecule has 4 saturated carbocycles. The van der Waals surface area contributed by atoms with Crippen LogP contribution in [0.3, 0.4) is 0 Å². The fourth-order valence-electron chi connectivity index (χ4n) is 15.0. The fourth-order valence-corrected chi connectivity index (χ4v) is 15.0. The molecule has 1 nitrogen and oxygen atoms in total. The molecule has 0 amide bonds. The van der Waals surface area contributed by atoms with Gasteiger partial charge in [-0.05, 0) is 182 Å². The summed E-state index contributed by atoms with van der Waals surface area (Å²) < 4.78 is 0. The molecule has 300 valence electrons. The van der Waals surface area contributed by atoms with Gasteiger partial charge in [-0.1, -0.05) is 155 Å². The van der Waals surface area contributed by atoms with E-state index in [9.17, 15) is 0 Å². The molecule has 6 aliphatic rings. The lowest BCUT2D eigenvalue weighted by molar-refractivity contribution is -0.231. The Morgan fingerprint density at radius 2 is 1.02 bits per heavy atom. The Balaban J connectivity index is 0.915. The third-order valence-corrected chi connectivity index (χ3v) is 17.6. The maximum absolute atomic E-state index is 2.64. The Morgan fingerprint density at radius 3 is 1.74 bits per heavy atom. The zero-order chi connectivity index (χ0) is 40.9. The first-order valence-corrected chi connectivity index (χ1v) is 23.2. The van der Waals surface area contributed by atoms with Crippen LogP contribution in [-0.2, 0) is 16.2 Å². The van der Waals surface area contributed by atoms with E-state index in [1.54, 1.807) is 11.1 Å². The maximum Gasteiger partial charge on any atom is 0.0502 e. The van der Waals surface area contributed by atoms with Crippen molar-refractivity contribution >= 4 is 17.1 Å². The van der Waals surface area contributed by atoms with Gasteiger partial charge in [0.25, 0.3) is 0 Å². The van der Waals surface area contributed by atoms with Gasteiger partial charge < -0.3 is 4.90 Å². The molecule has 6 aliphatic carbocycles. The second-order valence-electron chi connectivity index (χ2n) is 21.2. The van der Waals surface area contributed by atoms with E-state index in [1.807, 2.05) is 0 Å². The molecule has 1 heteroatoms. The first-order chi connectivity index (χ1) is 29.7. The van der Waals surface area contributed by atoms with E-state index in [-0.39, 0.29) is 16.2 Å². The minimum absolute atomic E-state index is 0.0472. The average molecular weight is 790 g/mol. The molecule has 0 aliphatic heterocycles. The van der Waals surface area contributed by atoms with Gasteiger partial charge in [-0.25, -0.2) is 0 Å². The first kappa shape index (κ1) is 36.0. The number of rotatable bonds is 6. The van der Waals surface area contributed by atoms with Crippen LogP contribution in [-0.4, -0.2) is 0 Å². The number of hydrogen-bond donors (Lipinski definition) is 0. The molecule has 0 radical (unpaired) electrons. The van der Waals surface area contributed by atoms with Crippen LogP contribution in [0, 0.1) is 29.1 Å². The van der Waals surface area contributed by atoms with Crippen molar-refractivity contribution in [2.24, 2.45) is 29.1 Å². The number of benzene rings is 7. The number of anilines is 3. The smallest absolute Gasteiger partial charge is 0.0502 e. The molecule has 2 bridgehead atoms. The topological polar surface area (TPSA) is 3.24 Å². The number of fused-ring (bicyclic) bond motifs is 9. The van der Waals surface area contributed by atoms with Gasteiger partial charge >= 0.3 is 0 Å². The van der Waals surface area contributed by atoms with Crippen molar-refractivity contribution in [3.8, 4) is 44.5 Å². The Labute approximate surface area is 362 Å². The first-order valence-electron chi connectivity index (χ1n) is 23.2. The molecule has 0 aromatic heterocycles. The highest BCUT2D eigenvalue weighted by atomic mass is 15.1. The molecule has 0 saturated heterocycles. The van der Waals surface area contributed by atoms with E-state index in [1.165, 1.54) is 111 Å². The van der Waals surface area contributed by atoms with Crippen molar-refractivity contribution in [2.45, 2.75) is 82.5 Å². The van der Waals surface area contributed by atoms with Gasteiger partial charge in [-0.3, -0.25) is 0 Å². The Bertz CT molecular complexity index is 2900. The minimum atomic E-state index is 0.0472. The van der Waals surface area contributed by atoms with Crippen molar-refractivity contribution < 1.29 is 0 Å². The molecule has 4 fully saturated rings. The standard InChI is InChI=1S/C60H55N/c1-57(2)31-32-58(3,4)56-51(57)19-12-20-53(56)61(45-28-23-41(24-29-45)47-16-9-8-15-46(47)40-13-6-5-7-14-40)44-26-21-39(22-27-44)42-25-30-49-48-17-10-11-18-50(48)60(52(49)35-42)54-34-38-33-43-36-55(60)59(43,54)37-38/h5-30,35,38,43,54-55H,31-34,36-37H2,1-4H3. The zero-order valence-corrected chi connectivity index (χ0v) is 36.1. The summed E-state index contributed by atoms with van der Waals surface area (Å²) >= 11 is 0. The van der Waals surface area contributed by atoms with Crippen LogP contribution in [0.2, 0.25) is 0 Å². The minimum Gasteiger partial charge on any atom is -0.310 e. The molecular weight excluding hydrogens is 735 g/mol. The van der Waals surface area contributed by atoms with E-state index in [4.69, 9.17) is 0 Å². The molecule has 13 rings (SSSR count). The SMILES string of the molecule is CC1(C)CCC(C)(C)c2c(N(c3ccc(-c4ccc5c(c4)C4(c6ccccc6-5)C5CC6CC7CC4C75C6)cc3)c3ccc(-c4ccccc4-c4ccccc4)cc3)cccc21. The summed E-state index contributed by atoms with van der Waals surface area (Å²) in [6.07, 6.45) is 8.25. The molecular formula is C60H55N. The lowest BCUT2D eigenvalue weighted by Gasteiger charge is -2.76. The van der Waals surface area contributed by atoms with Crippen LogP contribution in [0.5, 0.6) is 0 Å². The highest BCUT2D eigenvalue weighted by Gasteiger charge is 2.84. The van der Waals surface area contributed by atoms with E-state index in [0.717, 1.165) is 23.7 Å². The van der Waals surface area contributed by atoms with Gasteiger partial charge in [0.15, 0.2) is 0 Å². The summed E-state index contributed by atoms with van der Waals surface area (Å²) in [6, 6.07) is 62.6. The largest absolute Gasteiger partial charge is 0.310 e. The van der Waals surface area contributed by atoms with Crippen molar-refractivity contribution in [3.05, 3.63) is 186 Å². The van der Waals surface area contributed by atoms with Gasteiger partial charge in [0.1, 0.15) is 0 Å². The van der Waals surface area contributed by atoms with E-state index >= 15 is 0 Å². The molecule has 7 aromatic carbocycles. The molecule has 7 aromatic rings. The van der Waals surface area contributed by atoms with Crippen molar-refractivity contribution in [3.63, 3.8) is 0 Å². The molecule has 2 spiro atoms. The molecule has 0 heterocycles. The van der Waals surface area contributed by atoms with E-state index in [2.05, 4.69) is 196 Å². The molecule has 6 atom stereocenters. The van der Waals surface area contributed by atoms with Crippen LogP contribution in [0.1, 0.15) is 88.5 Å². The summed E-state index contributed by atoms with van der Waals surface area (Å²) in [4.78, 5) is 2.54. The molecule has 61 heavy (non-hydrogen) atoms. The van der Waals surface area contributed by atoms with Crippen molar-refractivity contribution in [2.75, 3.05) is 4.90 Å². The predicted molar refractivity (Wildman–Crippen MR) is 254 cm³/mol. The zero-order valence-electron chi connectivity index (χ0n) is 36.1. The Kier molecular flexibility index (Phi) is 7.37. The van der Waals surface area contributed by atoms with Gasteiger partial charge in [-0.15, -0.1) is 0 Å². The van der Waals surface area contributed by atoms with E-state index < -0.39 is 0 Å². The normalized spacial score (nSPS) is 27.3. The summed E-state index contributed by atoms with van der Waals surface area (Å²) in [7, 11) is 0. The lowest BCUT2D eigenvalue weighted by atomic mass is 9.27. The Morgan fingerprint density at radius 1 is 0.443 bits per heavy atom. The molecule has 0 N–H and O–H groups in total. The summed E-state index contributed by atoms with van der Waals surface area (Å²) in [5, 5.41) is 0. The van der Waals surface area contributed by atoms with Crippen LogP contribution >= 0.6 is 0 Å². The third kappa shape index (κ3) is 4.73. The third-order valence-electron chi connectivity index (χ3n) is 17.6. The van der Waals surface area contributed by atoms with Gasteiger partial charge in [0.2, 0.25) is 0 Å². The summed E-state index contributed by atoms with van der Waals surface area (Å²) in [5.41, 5.74) is 21.6. The summed E-state index contributed by atoms with van der Waals surface area (Å²) in [6.45, 7) is 9.79. The quantitative estimate of drug-likeness (QED) is 0.162. The highest BCUT2D eigenvalue weighted by Crippen LogP contribution is 2.89. The van der Waals surface area contributed by atoms with E-state index in [0.29, 0.717) is 5.41 Å². The van der Waals surface area contributed by atoms with Crippen LogP contribution in [0.25, 0.3) is 44.5 Å². The fraction of sp³-hybridized carbons (Fsp3) is 0.300. The molecule has 6 unspecified atom stereocenters. The number of hydrogen-bond acceptors (Lipinski definition) is 1. The average Bonchev–Trinajstić information content (AvgIpc) is 3.93. The van der Waals surface area contributed by atoms with Crippen LogP contribution < -0.4 is 4.90 Å². The van der Waals surface area contributed by atoms with Gasteiger partial charge in [0.05, 0.1) is 5.69 Å². The van der Waals surface area contributed by atoms with Gasteiger partial charge in [-0.2, -0.15) is 0 Å². The second-order valence-corrected chi connectivity index (χ2v) is 21.2. The maximum atomic E-state index is 2.64. The Hall–Kier alpha value is -5.66. The van der Waals surface area contributed by atoms with Crippen molar-refractivity contribution in [1.29, 1.82) is 0 Å². The highest BCUT2D eigenvalue weighted by molar-refractivity contribution is 5.88. The van der Waals surface area contributed by atoms with Crippen LogP contribution in [0.15, 0.2) is 164 Å². The van der Waals surface area contributed by atoms with Gasteiger partial charge in [0, 0.05) is 16.8 Å².